The summed E-state index contributed by atoms with van der Waals surface area (Å²) < 4.78 is 4.91. The van der Waals surface area contributed by atoms with Gasteiger partial charge in [-0.25, -0.2) is 0 Å². The molecule has 0 spiro atoms. The zero-order valence-electron chi connectivity index (χ0n) is 19.4. The third-order valence-corrected chi connectivity index (χ3v) is 6.50. The molecule has 0 radical (unpaired) electrons. The smallest absolute Gasteiger partial charge is 0.257 e. The number of aromatic amines is 1. The van der Waals surface area contributed by atoms with Crippen LogP contribution in [0.1, 0.15) is 66.0 Å². The van der Waals surface area contributed by atoms with Gasteiger partial charge in [0.25, 0.3) is 5.91 Å². The molecule has 1 saturated carbocycles. The molecule has 1 aliphatic carbocycles. The number of carbonyl (C=O) groups is 2. The molecule has 0 bridgehead atoms. The molecule has 1 aromatic carbocycles. The Morgan fingerprint density at radius 3 is 2.30 bits per heavy atom. The number of H-pyrrole nitrogens is 1. The van der Waals surface area contributed by atoms with E-state index in [4.69, 9.17) is 4.52 Å². The molecule has 8 nitrogen and oxygen atoms in total. The number of nitrogens with one attached hydrogen (secondary N) is 3. The lowest BCUT2D eigenvalue weighted by Gasteiger charge is -2.26. The number of aromatic nitrogens is 3. The lowest BCUT2D eigenvalue weighted by molar-refractivity contribution is -0.119. The van der Waals surface area contributed by atoms with Crippen LogP contribution in [0.4, 0.5) is 5.69 Å². The Bertz CT molecular complexity index is 1090. The highest BCUT2D eigenvalue weighted by molar-refractivity contribution is 6.01. The van der Waals surface area contributed by atoms with Crippen LogP contribution in [0.2, 0.25) is 0 Å². The standard InChI is InChI=1S/C25H31N5O3/c1-15-21(14-33-30-15)24(31)27-23(19-8-6-4-5-7-9-19)25(32)26-20-12-10-18(11-13-20)22-16(2)28-29-17(22)3/h10-14,19,23H,4-9H2,1-3H3,(H,26,32)(H,27,31)(H,28,29)/t23-/m0/s1. The minimum atomic E-state index is -0.622. The molecule has 1 atom stereocenters. The minimum Gasteiger partial charge on any atom is -0.364 e. The average Bonchev–Trinajstić information content (AvgIpc) is 3.26. The Morgan fingerprint density at radius 1 is 1.03 bits per heavy atom. The van der Waals surface area contributed by atoms with Gasteiger partial charge in [0, 0.05) is 16.9 Å². The summed E-state index contributed by atoms with van der Waals surface area (Å²) in [6.45, 7) is 5.66. The first-order chi connectivity index (χ1) is 15.9. The predicted octanol–water partition coefficient (Wildman–Crippen LogP) is 4.70. The van der Waals surface area contributed by atoms with Crippen LogP contribution in [0.25, 0.3) is 11.1 Å². The Balaban J connectivity index is 1.52. The summed E-state index contributed by atoms with van der Waals surface area (Å²) in [6.07, 6.45) is 7.61. The second-order valence-electron chi connectivity index (χ2n) is 8.89. The van der Waals surface area contributed by atoms with Crippen LogP contribution in [-0.4, -0.2) is 33.2 Å². The molecule has 1 fully saturated rings. The van der Waals surface area contributed by atoms with Gasteiger partial charge in [-0.1, -0.05) is 43.0 Å². The highest BCUT2D eigenvalue weighted by atomic mass is 16.5. The number of hydrogen-bond acceptors (Lipinski definition) is 5. The van der Waals surface area contributed by atoms with Crippen molar-refractivity contribution in [1.82, 2.24) is 20.7 Å². The third kappa shape index (κ3) is 5.16. The fourth-order valence-electron chi connectivity index (χ4n) is 4.69. The zero-order valence-corrected chi connectivity index (χ0v) is 19.4. The van der Waals surface area contributed by atoms with Gasteiger partial charge in [0.05, 0.1) is 11.4 Å². The van der Waals surface area contributed by atoms with Crippen molar-refractivity contribution in [2.75, 3.05) is 5.32 Å². The van der Waals surface area contributed by atoms with Crippen LogP contribution in [0, 0.1) is 26.7 Å². The number of amides is 2. The topological polar surface area (TPSA) is 113 Å². The molecule has 0 aliphatic heterocycles. The number of anilines is 1. The highest BCUT2D eigenvalue weighted by Gasteiger charge is 2.31. The van der Waals surface area contributed by atoms with E-state index in [-0.39, 0.29) is 17.7 Å². The number of rotatable bonds is 6. The number of carbonyl (C=O) groups excluding carboxylic acids is 2. The van der Waals surface area contributed by atoms with E-state index in [1.165, 1.54) is 6.26 Å². The largest absolute Gasteiger partial charge is 0.364 e. The van der Waals surface area contributed by atoms with Gasteiger partial charge in [0.2, 0.25) is 5.91 Å². The second-order valence-corrected chi connectivity index (χ2v) is 8.89. The summed E-state index contributed by atoms with van der Waals surface area (Å²) in [7, 11) is 0. The van der Waals surface area contributed by atoms with Gasteiger partial charge < -0.3 is 15.2 Å². The Morgan fingerprint density at radius 2 is 1.73 bits per heavy atom. The van der Waals surface area contributed by atoms with Crippen LogP contribution in [0.5, 0.6) is 0 Å². The van der Waals surface area contributed by atoms with E-state index in [1.807, 2.05) is 38.1 Å². The van der Waals surface area contributed by atoms with E-state index < -0.39 is 6.04 Å². The van der Waals surface area contributed by atoms with E-state index in [0.29, 0.717) is 16.9 Å². The van der Waals surface area contributed by atoms with E-state index in [2.05, 4.69) is 26.0 Å². The molecule has 4 rings (SSSR count). The zero-order chi connectivity index (χ0) is 23.4. The first-order valence-corrected chi connectivity index (χ1v) is 11.6. The molecule has 0 saturated heterocycles. The van der Waals surface area contributed by atoms with Crippen LogP contribution >= 0.6 is 0 Å². The van der Waals surface area contributed by atoms with Gasteiger partial charge in [-0.15, -0.1) is 0 Å². The molecule has 2 heterocycles. The van der Waals surface area contributed by atoms with Crippen molar-refractivity contribution in [3.8, 4) is 11.1 Å². The van der Waals surface area contributed by atoms with Gasteiger partial charge in [0.15, 0.2) is 0 Å². The van der Waals surface area contributed by atoms with Gasteiger partial charge >= 0.3 is 0 Å². The van der Waals surface area contributed by atoms with Crippen LogP contribution in [0.15, 0.2) is 35.1 Å². The molecule has 33 heavy (non-hydrogen) atoms. The van der Waals surface area contributed by atoms with Crippen molar-refractivity contribution < 1.29 is 14.1 Å². The molecule has 2 aromatic heterocycles. The first kappa shape index (κ1) is 22.8. The summed E-state index contributed by atoms with van der Waals surface area (Å²) in [5.74, 6) is -0.445. The maximum absolute atomic E-state index is 13.4. The molecule has 0 unspecified atom stereocenters. The van der Waals surface area contributed by atoms with Crippen molar-refractivity contribution in [3.05, 3.63) is 53.2 Å². The molecule has 2 amide bonds. The molecular weight excluding hydrogens is 418 g/mol. The Kier molecular flexibility index (Phi) is 6.91. The number of hydrogen-bond donors (Lipinski definition) is 3. The summed E-state index contributed by atoms with van der Waals surface area (Å²) in [5, 5.41) is 17.0. The summed E-state index contributed by atoms with van der Waals surface area (Å²) in [5.41, 5.74) is 5.60. The van der Waals surface area contributed by atoms with Crippen LogP contribution < -0.4 is 10.6 Å². The maximum atomic E-state index is 13.4. The molecular formula is C25H31N5O3. The van der Waals surface area contributed by atoms with Gasteiger partial charge in [-0.3, -0.25) is 14.7 Å². The molecule has 3 aromatic rings. The normalized spacial score (nSPS) is 15.6. The number of nitrogens with zero attached hydrogens (tertiary/aromatic N) is 2. The lowest BCUT2D eigenvalue weighted by atomic mass is 9.90. The third-order valence-electron chi connectivity index (χ3n) is 6.50. The first-order valence-electron chi connectivity index (χ1n) is 11.6. The monoisotopic (exact) mass is 449 g/mol. The predicted molar refractivity (Wildman–Crippen MR) is 126 cm³/mol. The molecule has 3 N–H and O–H groups in total. The molecule has 174 valence electrons. The van der Waals surface area contributed by atoms with Gasteiger partial charge in [-0.2, -0.15) is 5.10 Å². The van der Waals surface area contributed by atoms with E-state index in [1.54, 1.807) is 6.92 Å². The van der Waals surface area contributed by atoms with Crippen molar-refractivity contribution >= 4 is 17.5 Å². The molecule has 1 aliphatic rings. The van der Waals surface area contributed by atoms with Crippen LogP contribution in [-0.2, 0) is 4.79 Å². The van der Waals surface area contributed by atoms with E-state index in [9.17, 15) is 9.59 Å². The maximum Gasteiger partial charge on any atom is 0.257 e. The van der Waals surface area contributed by atoms with Gasteiger partial charge in [-0.05, 0) is 57.2 Å². The van der Waals surface area contributed by atoms with Crippen molar-refractivity contribution in [2.24, 2.45) is 5.92 Å². The summed E-state index contributed by atoms with van der Waals surface area (Å²) in [6, 6.07) is 7.09. The summed E-state index contributed by atoms with van der Waals surface area (Å²) in [4.78, 5) is 26.2. The number of aryl methyl sites for hydroxylation is 3. The van der Waals surface area contributed by atoms with E-state index in [0.717, 1.165) is 61.0 Å². The fraction of sp³-hybridized carbons (Fsp3) is 0.440. The lowest BCUT2D eigenvalue weighted by Crippen LogP contribution is -2.48. The van der Waals surface area contributed by atoms with Crippen molar-refractivity contribution in [2.45, 2.75) is 65.3 Å². The van der Waals surface area contributed by atoms with Gasteiger partial charge in [0.1, 0.15) is 17.9 Å². The molecule has 8 heteroatoms. The minimum absolute atomic E-state index is 0.0899. The SMILES string of the molecule is Cc1nocc1C(=O)N[C@H](C(=O)Nc1ccc(-c2c(C)n[nH]c2C)cc1)C1CCCCCC1. The van der Waals surface area contributed by atoms with Crippen LogP contribution in [0.3, 0.4) is 0 Å². The quantitative estimate of drug-likeness (QED) is 0.472. The highest BCUT2D eigenvalue weighted by Crippen LogP contribution is 2.28. The van der Waals surface area contributed by atoms with Crippen molar-refractivity contribution in [3.63, 3.8) is 0 Å². The average molecular weight is 450 g/mol. The Hall–Kier alpha value is -3.42. The number of benzene rings is 1. The van der Waals surface area contributed by atoms with Crippen molar-refractivity contribution in [1.29, 1.82) is 0 Å². The Labute approximate surface area is 193 Å². The second kappa shape index (κ2) is 10.0. The van der Waals surface area contributed by atoms with E-state index >= 15 is 0 Å². The summed E-state index contributed by atoms with van der Waals surface area (Å²) >= 11 is 0. The fourth-order valence-corrected chi connectivity index (χ4v) is 4.69.